The Labute approximate surface area is 275 Å². The van der Waals surface area contributed by atoms with E-state index in [4.69, 9.17) is 18.6 Å². The van der Waals surface area contributed by atoms with Gasteiger partial charge in [0.25, 0.3) is 5.91 Å². The zero-order chi connectivity index (χ0) is 33.9. The zero-order valence-corrected chi connectivity index (χ0v) is 26.4. The molecule has 2 amide bonds. The topological polar surface area (TPSA) is 168 Å². The number of ether oxygens (including phenoxy) is 3. The first kappa shape index (κ1) is 32.8. The number of nitrogens with one attached hydrogen (secondary N) is 1. The van der Waals surface area contributed by atoms with E-state index in [1.54, 1.807) is 49.6 Å². The Morgan fingerprint density at radius 3 is 2.48 bits per heavy atom. The predicted molar refractivity (Wildman–Crippen MR) is 174 cm³/mol. The first-order valence-electron chi connectivity index (χ1n) is 15.5. The van der Waals surface area contributed by atoms with Gasteiger partial charge < -0.3 is 44.2 Å². The fourth-order valence-electron chi connectivity index (χ4n) is 6.52. The summed E-state index contributed by atoms with van der Waals surface area (Å²) in [5.41, 5.74) is 1.22. The van der Waals surface area contributed by atoms with Crippen molar-refractivity contribution in [1.82, 2.24) is 10.2 Å². The summed E-state index contributed by atoms with van der Waals surface area (Å²) in [5, 5.41) is 34.6. The Hall–Kier alpha value is -5.17. The summed E-state index contributed by atoms with van der Waals surface area (Å²) in [6, 6.07) is 17.7. The summed E-state index contributed by atoms with van der Waals surface area (Å²) in [7, 11) is 2.98. The van der Waals surface area contributed by atoms with Crippen LogP contribution in [0.5, 0.6) is 17.2 Å². The van der Waals surface area contributed by atoms with E-state index in [0.717, 1.165) is 5.56 Å². The summed E-state index contributed by atoms with van der Waals surface area (Å²) in [6.45, 7) is -0.641. The number of hydrogen-bond donors (Lipinski definition) is 4. The van der Waals surface area contributed by atoms with Gasteiger partial charge in [0.05, 0.1) is 39.4 Å². The predicted octanol–water partition coefficient (Wildman–Crippen LogP) is 2.31. The Morgan fingerprint density at radius 2 is 1.73 bits per heavy atom. The highest BCUT2D eigenvalue weighted by Gasteiger charge is 2.51. The van der Waals surface area contributed by atoms with E-state index >= 15 is 0 Å². The number of benzene rings is 3. The molecular weight excluding hydrogens is 620 g/mol. The molecule has 48 heavy (non-hydrogen) atoms. The molecule has 0 fully saturated rings. The SMILES string of the molecule is COc1ccccc1CCN(C(=O)c1cc2ccccc2oc1=O)C1C=C(C(=O)NCCO)C2c3cc(CO)cc(OC)c3OC2C1O. The van der Waals surface area contributed by atoms with Crippen LogP contribution in [0.4, 0.5) is 0 Å². The van der Waals surface area contributed by atoms with Gasteiger partial charge in [-0.05, 0) is 54.0 Å². The molecule has 1 aliphatic carbocycles. The van der Waals surface area contributed by atoms with Crippen LogP contribution in [-0.4, -0.2) is 84.2 Å². The van der Waals surface area contributed by atoms with Crippen molar-refractivity contribution >= 4 is 22.8 Å². The maximum absolute atomic E-state index is 14.4. The summed E-state index contributed by atoms with van der Waals surface area (Å²) in [5.74, 6) is -0.852. The van der Waals surface area contributed by atoms with Crippen LogP contribution in [0.1, 0.15) is 33.0 Å². The smallest absolute Gasteiger partial charge is 0.349 e. The normalized spacial score (nSPS) is 19.5. The summed E-state index contributed by atoms with van der Waals surface area (Å²) >= 11 is 0. The van der Waals surface area contributed by atoms with Crippen molar-refractivity contribution in [3.05, 3.63) is 111 Å². The van der Waals surface area contributed by atoms with E-state index in [-0.39, 0.29) is 43.9 Å². The molecule has 0 saturated carbocycles. The number of rotatable bonds is 11. The molecule has 6 rings (SSSR count). The number of aliphatic hydroxyl groups is 3. The van der Waals surface area contributed by atoms with Crippen molar-refractivity contribution in [2.75, 3.05) is 33.9 Å². The van der Waals surface area contributed by atoms with Crippen molar-refractivity contribution < 1.29 is 43.5 Å². The molecule has 12 heteroatoms. The van der Waals surface area contributed by atoms with Crippen molar-refractivity contribution in [2.45, 2.75) is 37.2 Å². The maximum atomic E-state index is 14.4. The van der Waals surface area contributed by atoms with E-state index < -0.39 is 41.6 Å². The van der Waals surface area contributed by atoms with Crippen LogP contribution >= 0.6 is 0 Å². The Morgan fingerprint density at radius 1 is 0.979 bits per heavy atom. The van der Waals surface area contributed by atoms with Crippen molar-refractivity contribution in [1.29, 1.82) is 0 Å². The van der Waals surface area contributed by atoms with Gasteiger partial charge in [0.2, 0.25) is 5.91 Å². The first-order chi connectivity index (χ1) is 23.3. The number of fused-ring (bicyclic) bond motifs is 4. The number of carbonyl (C=O) groups is 2. The molecule has 0 radical (unpaired) electrons. The first-order valence-corrected chi connectivity index (χ1v) is 15.5. The van der Waals surface area contributed by atoms with Gasteiger partial charge in [-0.15, -0.1) is 0 Å². The van der Waals surface area contributed by atoms with Crippen LogP contribution in [0.25, 0.3) is 11.0 Å². The largest absolute Gasteiger partial charge is 0.496 e. The zero-order valence-electron chi connectivity index (χ0n) is 26.4. The molecule has 2 heterocycles. The van der Waals surface area contributed by atoms with E-state index in [1.807, 2.05) is 18.2 Å². The molecule has 250 valence electrons. The lowest BCUT2D eigenvalue weighted by Crippen LogP contribution is -2.56. The molecule has 0 saturated heterocycles. The van der Waals surface area contributed by atoms with Gasteiger partial charge in [-0.1, -0.05) is 36.4 Å². The van der Waals surface area contributed by atoms with Gasteiger partial charge in [-0.2, -0.15) is 0 Å². The third kappa shape index (κ3) is 6.01. The van der Waals surface area contributed by atoms with Crippen LogP contribution in [0.2, 0.25) is 0 Å². The lowest BCUT2D eigenvalue weighted by Gasteiger charge is -2.40. The summed E-state index contributed by atoms with van der Waals surface area (Å²) in [6.07, 6.45) is -0.645. The van der Waals surface area contributed by atoms with Gasteiger partial charge in [-0.25, -0.2) is 4.79 Å². The van der Waals surface area contributed by atoms with Crippen LogP contribution < -0.4 is 25.2 Å². The second-order valence-electron chi connectivity index (χ2n) is 11.6. The van der Waals surface area contributed by atoms with Gasteiger partial charge >= 0.3 is 5.63 Å². The summed E-state index contributed by atoms with van der Waals surface area (Å²) in [4.78, 5) is 42.7. The average molecular weight is 657 g/mol. The van der Waals surface area contributed by atoms with Crippen molar-refractivity contribution in [3.8, 4) is 17.2 Å². The third-order valence-electron chi connectivity index (χ3n) is 8.80. The Kier molecular flexibility index (Phi) is 9.49. The second kappa shape index (κ2) is 13.9. The van der Waals surface area contributed by atoms with Gasteiger partial charge in [0.15, 0.2) is 11.5 Å². The highest BCUT2D eigenvalue weighted by molar-refractivity contribution is 5.98. The number of amides is 2. The number of aliphatic hydroxyl groups excluding tert-OH is 3. The lowest BCUT2D eigenvalue weighted by atomic mass is 9.77. The monoisotopic (exact) mass is 656 g/mol. The lowest BCUT2D eigenvalue weighted by molar-refractivity contribution is -0.118. The maximum Gasteiger partial charge on any atom is 0.349 e. The van der Waals surface area contributed by atoms with Crippen molar-refractivity contribution in [3.63, 3.8) is 0 Å². The minimum absolute atomic E-state index is 0.0115. The summed E-state index contributed by atoms with van der Waals surface area (Å²) < 4.78 is 22.9. The van der Waals surface area contributed by atoms with Crippen LogP contribution in [-0.2, 0) is 17.8 Å². The molecule has 4 atom stereocenters. The molecular formula is C36H36N2O10. The van der Waals surface area contributed by atoms with E-state index in [1.165, 1.54) is 24.2 Å². The third-order valence-corrected chi connectivity index (χ3v) is 8.80. The minimum atomic E-state index is -1.38. The molecule has 1 aliphatic heterocycles. The standard InChI is InChI=1S/C36H36N2O10/c1-45-27-9-5-3-7-21(27)11-13-38(35(43)25-17-22-8-4-6-10-28(22)47-36(25)44)26-18-24(34(42)37-12-14-39)30-23-15-20(19-40)16-29(46-2)32(23)48-33(30)31(26)41/h3-10,15-18,26,30-31,33,39-41H,11-14,19H2,1-2H3,(H,37,42). The number of nitrogens with zero attached hydrogens (tertiary/aromatic N) is 1. The molecule has 3 aromatic carbocycles. The number of carbonyl (C=O) groups excluding carboxylic acids is 2. The average Bonchev–Trinajstić information content (AvgIpc) is 3.50. The number of hydrogen-bond acceptors (Lipinski definition) is 10. The fourth-order valence-corrected chi connectivity index (χ4v) is 6.52. The molecule has 4 N–H and O–H groups in total. The van der Waals surface area contributed by atoms with Gasteiger partial charge in [0, 0.05) is 29.6 Å². The van der Waals surface area contributed by atoms with Gasteiger partial charge in [0.1, 0.15) is 29.1 Å². The van der Waals surface area contributed by atoms with E-state index in [9.17, 15) is 29.7 Å². The molecule has 4 aromatic rings. The highest BCUT2D eigenvalue weighted by atomic mass is 16.5. The number of methoxy groups -OCH3 is 2. The Balaban J connectivity index is 1.48. The Bertz CT molecular complexity index is 1940. The van der Waals surface area contributed by atoms with Gasteiger partial charge in [-0.3, -0.25) is 9.59 Å². The van der Waals surface area contributed by atoms with E-state index in [2.05, 4.69) is 5.32 Å². The molecule has 0 bridgehead atoms. The van der Waals surface area contributed by atoms with Crippen molar-refractivity contribution in [2.24, 2.45) is 0 Å². The molecule has 1 aromatic heterocycles. The van der Waals surface area contributed by atoms with E-state index in [0.29, 0.717) is 39.3 Å². The minimum Gasteiger partial charge on any atom is -0.496 e. The molecule has 2 aliphatic rings. The molecule has 0 spiro atoms. The quantitative estimate of drug-likeness (QED) is 0.176. The van der Waals surface area contributed by atoms with Crippen LogP contribution in [0, 0.1) is 0 Å². The highest BCUT2D eigenvalue weighted by Crippen LogP contribution is 2.51. The second-order valence-corrected chi connectivity index (χ2v) is 11.6. The molecule has 12 nitrogen and oxygen atoms in total. The molecule has 4 unspecified atom stereocenters. The number of para-hydroxylation sites is 2. The fraction of sp³-hybridized carbons (Fsp3) is 0.306. The van der Waals surface area contributed by atoms with Crippen LogP contribution in [0.3, 0.4) is 0 Å². The van der Waals surface area contributed by atoms with Crippen LogP contribution in [0.15, 0.2) is 87.6 Å².